The van der Waals surface area contributed by atoms with Gasteiger partial charge in [-0.1, -0.05) is 0 Å². The molecule has 1 aromatic heterocycles. The summed E-state index contributed by atoms with van der Waals surface area (Å²) >= 11 is 1.65. The number of benzene rings is 1. The SMILES string of the molecule is O=C1COc2ccc(NC(=O)N3CCC[C@H]3c3ccsc3)cc2N1. The number of carbonyl (C=O) groups is 2. The molecule has 1 saturated heterocycles. The zero-order chi connectivity index (χ0) is 16.5. The average molecular weight is 343 g/mol. The summed E-state index contributed by atoms with van der Waals surface area (Å²) in [5.74, 6) is 0.424. The molecule has 124 valence electrons. The van der Waals surface area contributed by atoms with E-state index in [0.717, 1.165) is 19.4 Å². The summed E-state index contributed by atoms with van der Waals surface area (Å²) in [5.41, 5.74) is 2.42. The molecule has 2 N–H and O–H groups in total. The number of fused-ring (bicyclic) bond motifs is 1. The topological polar surface area (TPSA) is 70.7 Å². The zero-order valence-corrected chi connectivity index (χ0v) is 13.8. The van der Waals surface area contributed by atoms with E-state index in [1.165, 1.54) is 5.56 Å². The fraction of sp³-hybridized carbons (Fsp3) is 0.294. The molecule has 1 fully saturated rings. The molecule has 2 aliphatic heterocycles. The predicted molar refractivity (Wildman–Crippen MR) is 92.6 cm³/mol. The molecule has 0 aliphatic carbocycles. The van der Waals surface area contributed by atoms with Crippen molar-refractivity contribution in [3.8, 4) is 5.75 Å². The molecule has 24 heavy (non-hydrogen) atoms. The van der Waals surface area contributed by atoms with E-state index >= 15 is 0 Å². The van der Waals surface area contributed by atoms with Gasteiger partial charge < -0.3 is 20.3 Å². The lowest BCUT2D eigenvalue weighted by molar-refractivity contribution is -0.118. The van der Waals surface area contributed by atoms with Gasteiger partial charge in [0.15, 0.2) is 6.61 Å². The van der Waals surface area contributed by atoms with Gasteiger partial charge in [0.25, 0.3) is 5.91 Å². The fourth-order valence-electron chi connectivity index (χ4n) is 3.18. The Kier molecular flexibility index (Phi) is 3.86. The quantitative estimate of drug-likeness (QED) is 0.877. The molecule has 0 unspecified atom stereocenters. The van der Waals surface area contributed by atoms with Crippen LogP contribution in [-0.4, -0.2) is 30.0 Å². The van der Waals surface area contributed by atoms with Gasteiger partial charge in [0.1, 0.15) is 5.75 Å². The number of nitrogens with one attached hydrogen (secondary N) is 2. The van der Waals surface area contributed by atoms with Crippen LogP contribution < -0.4 is 15.4 Å². The van der Waals surface area contributed by atoms with Crippen LogP contribution in [0.2, 0.25) is 0 Å². The van der Waals surface area contributed by atoms with Gasteiger partial charge in [-0.3, -0.25) is 4.79 Å². The van der Waals surface area contributed by atoms with Gasteiger partial charge in [0, 0.05) is 12.2 Å². The van der Waals surface area contributed by atoms with Crippen LogP contribution in [0.25, 0.3) is 0 Å². The number of carbonyl (C=O) groups excluding carboxylic acids is 2. The van der Waals surface area contributed by atoms with Crippen molar-refractivity contribution in [3.05, 3.63) is 40.6 Å². The summed E-state index contributed by atoms with van der Waals surface area (Å²) < 4.78 is 5.33. The molecule has 7 heteroatoms. The molecular weight excluding hydrogens is 326 g/mol. The minimum Gasteiger partial charge on any atom is -0.482 e. The lowest BCUT2D eigenvalue weighted by Crippen LogP contribution is -2.34. The highest BCUT2D eigenvalue weighted by Gasteiger charge is 2.30. The number of rotatable bonds is 2. The number of ether oxygens (including phenoxy) is 1. The first kappa shape index (κ1) is 15.0. The smallest absolute Gasteiger partial charge is 0.322 e. The Balaban J connectivity index is 1.50. The van der Waals surface area contributed by atoms with E-state index in [-0.39, 0.29) is 24.6 Å². The van der Waals surface area contributed by atoms with E-state index in [9.17, 15) is 9.59 Å². The van der Waals surface area contributed by atoms with Crippen molar-refractivity contribution in [2.24, 2.45) is 0 Å². The lowest BCUT2D eigenvalue weighted by Gasteiger charge is -2.25. The summed E-state index contributed by atoms with van der Waals surface area (Å²) in [7, 11) is 0. The van der Waals surface area contributed by atoms with Crippen molar-refractivity contribution in [2.75, 3.05) is 23.8 Å². The minimum atomic E-state index is -0.192. The normalized spacial score (nSPS) is 19.4. The molecule has 0 spiro atoms. The molecule has 3 amide bonds. The van der Waals surface area contributed by atoms with Gasteiger partial charge >= 0.3 is 6.03 Å². The summed E-state index contributed by atoms with van der Waals surface area (Å²) in [6, 6.07) is 7.35. The molecule has 2 aromatic rings. The molecule has 0 bridgehead atoms. The predicted octanol–water partition coefficient (Wildman–Crippen LogP) is 3.45. The van der Waals surface area contributed by atoms with Crippen LogP contribution in [0.3, 0.4) is 0 Å². The van der Waals surface area contributed by atoms with Crippen LogP contribution in [0.5, 0.6) is 5.75 Å². The lowest BCUT2D eigenvalue weighted by atomic mass is 10.1. The van der Waals surface area contributed by atoms with E-state index in [1.54, 1.807) is 29.5 Å². The minimum absolute atomic E-state index is 0.0226. The maximum atomic E-state index is 12.7. The van der Waals surface area contributed by atoms with Crippen molar-refractivity contribution >= 4 is 34.6 Å². The van der Waals surface area contributed by atoms with E-state index in [0.29, 0.717) is 17.1 Å². The Labute approximate surface area is 143 Å². The second kappa shape index (κ2) is 6.16. The van der Waals surface area contributed by atoms with E-state index in [1.807, 2.05) is 10.3 Å². The highest BCUT2D eigenvalue weighted by atomic mass is 32.1. The standard InChI is InChI=1S/C17H17N3O3S/c21-16-9-23-15-4-3-12(8-13(15)19-16)18-17(22)20-6-1-2-14(20)11-5-7-24-10-11/h3-5,7-8,10,14H,1-2,6,9H2,(H,18,22)(H,19,21)/t14-/m0/s1. The number of hydrogen-bond acceptors (Lipinski definition) is 4. The third kappa shape index (κ3) is 2.82. The van der Waals surface area contributed by atoms with Gasteiger partial charge in [-0.15, -0.1) is 0 Å². The number of amides is 3. The van der Waals surface area contributed by atoms with Gasteiger partial charge in [-0.2, -0.15) is 11.3 Å². The number of thiophene rings is 1. The van der Waals surface area contributed by atoms with E-state index < -0.39 is 0 Å². The van der Waals surface area contributed by atoms with E-state index in [2.05, 4.69) is 22.1 Å². The van der Waals surface area contributed by atoms with E-state index in [4.69, 9.17) is 4.74 Å². The molecule has 4 rings (SSSR count). The van der Waals surface area contributed by atoms with Gasteiger partial charge in [-0.05, 0) is 53.4 Å². The Morgan fingerprint density at radius 3 is 3.12 bits per heavy atom. The maximum Gasteiger partial charge on any atom is 0.322 e. The van der Waals surface area contributed by atoms with Crippen molar-refractivity contribution in [1.82, 2.24) is 4.90 Å². The molecule has 0 radical (unpaired) electrons. The molecule has 0 saturated carbocycles. The first-order chi connectivity index (χ1) is 11.7. The first-order valence-corrected chi connectivity index (χ1v) is 8.81. The molecule has 2 aliphatic rings. The van der Waals surface area contributed by atoms with Crippen LogP contribution in [0.1, 0.15) is 24.4 Å². The van der Waals surface area contributed by atoms with Crippen LogP contribution >= 0.6 is 11.3 Å². The van der Waals surface area contributed by atoms with Crippen molar-refractivity contribution in [3.63, 3.8) is 0 Å². The van der Waals surface area contributed by atoms with Gasteiger partial charge in [0.05, 0.1) is 11.7 Å². The molecule has 1 aromatic carbocycles. The van der Waals surface area contributed by atoms with Gasteiger partial charge in [-0.25, -0.2) is 4.79 Å². The largest absolute Gasteiger partial charge is 0.482 e. The molecule has 6 nitrogen and oxygen atoms in total. The van der Waals surface area contributed by atoms with Crippen molar-refractivity contribution < 1.29 is 14.3 Å². The third-order valence-electron chi connectivity index (χ3n) is 4.31. The van der Waals surface area contributed by atoms with Crippen LogP contribution in [-0.2, 0) is 4.79 Å². The summed E-state index contributed by atoms with van der Waals surface area (Å²) in [5, 5.41) is 9.81. The van der Waals surface area contributed by atoms with Crippen LogP contribution in [0.4, 0.5) is 16.2 Å². The number of hydrogen-bond donors (Lipinski definition) is 2. The molecule has 3 heterocycles. The van der Waals surface area contributed by atoms with Crippen LogP contribution in [0.15, 0.2) is 35.0 Å². The summed E-state index contributed by atoms with van der Waals surface area (Å²) in [6.45, 7) is 0.770. The number of nitrogens with zero attached hydrogens (tertiary/aromatic N) is 1. The second-order valence-corrected chi connectivity index (χ2v) is 6.67. The zero-order valence-electron chi connectivity index (χ0n) is 13.0. The average Bonchev–Trinajstić information content (AvgIpc) is 3.25. The van der Waals surface area contributed by atoms with Crippen molar-refractivity contribution in [2.45, 2.75) is 18.9 Å². The molecule has 1 atom stereocenters. The Hall–Kier alpha value is -2.54. The highest BCUT2D eigenvalue weighted by molar-refractivity contribution is 7.08. The number of urea groups is 1. The Morgan fingerprint density at radius 2 is 2.29 bits per heavy atom. The number of likely N-dealkylation sites (tertiary alicyclic amines) is 1. The Bertz CT molecular complexity index is 775. The first-order valence-electron chi connectivity index (χ1n) is 7.87. The van der Waals surface area contributed by atoms with Crippen molar-refractivity contribution in [1.29, 1.82) is 0 Å². The fourth-order valence-corrected chi connectivity index (χ4v) is 3.88. The number of anilines is 2. The monoisotopic (exact) mass is 343 g/mol. The van der Waals surface area contributed by atoms with Gasteiger partial charge in [0.2, 0.25) is 0 Å². The maximum absolute atomic E-state index is 12.7. The highest BCUT2D eigenvalue weighted by Crippen LogP contribution is 2.34. The summed E-state index contributed by atoms with van der Waals surface area (Å²) in [6.07, 6.45) is 1.99. The second-order valence-electron chi connectivity index (χ2n) is 5.89. The van der Waals surface area contributed by atoms with Crippen LogP contribution in [0, 0.1) is 0 Å². The Morgan fingerprint density at radius 1 is 1.38 bits per heavy atom. The molecular formula is C17H17N3O3S. The third-order valence-corrected chi connectivity index (χ3v) is 5.01. The summed E-state index contributed by atoms with van der Waals surface area (Å²) in [4.78, 5) is 25.9.